The van der Waals surface area contributed by atoms with Gasteiger partial charge in [0.25, 0.3) is 5.22 Å². The highest BCUT2D eigenvalue weighted by molar-refractivity contribution is 8.00. The molecule has 1 heterocycles. The number of primary amides is 1. The van der Waals surface area contributed by atoms with Gasteiger partial charge in [-0.3, -0.25) is 10.1 Å². The summed E-state index contributed by atoms with van der Waals surface area (Å²) in [5.74, 6) is 0.683. The molecule has 2 aromatic rings. The maximum absolute atomic E-state index is 11.6. The number of hydrogen-bond acceptors (Lipinski definition) is 7. The van der Waals surface area contributed by atoms with Crippen LogP contribution < -0.4 is 15.8 Å². The normalized spacial score (nSPS) is 11.7. The smallest absolute Gasteiger partial charge is 0.318 e. The second-order valence-corrected chi connectivity index (χ2v) is 5.89. The van der Waals surface area contributed by atoms with Gasteiger partial charge in [0, 0.05) is 0 Å². The van der Waals surface area contributed by atoms with Gasteiger partial charge >= 0.3 is 6.03 Å². The van der Waals surface area contributed by atoms with E-state index in [0.29, 0.717) is 12.3 Å². The van der Waals surface area contributed by atoms with Crippen LogP contribution in [0, 0.1) is 0 Å². The molecule has 0 saturated heterocycles. The van der Waals surface area contributed by atoms with Gasteiger partial charge in [0.1, 0.15) is 5.75 Å². The van der Waals surface area contributed by atoms with Gasteiger partial charge in [0.2, 0.25) is 11.8 Å². The van der Waals surface area contributed by atoms with Crippen LogP contribution in [-0.2, 0) is 11.2 Å². The van der Waals surface area contributed by atoms with Crippen molar-refractivity contribution in [2.24, 2.45) is 5.73 Å². The van der Waals surface area contributed by atoms with E-state index in [2.05, 4.69) is 10.2 Å². The lowest BCUT2D eigenvalue weighted by Crippen LogP contribution is -2.39. The van der Waals surface area contributed by atoms with Gasteiger partial charge in [-0.1, -0.05) is 23.9 Å². The average Bonchev–Trinajstić information content (AvgIpc) is 2.94. The fourth-order valence-electron chi connectivity index (χ4n) is 1.70. The Balaban J connectivity index is 1.94. The molecule has 1 aromatic carbocycles. The Hall–Kier alpha value is -2.55. The molecule has 0 bridgehead atoms. The van der Waals surface area contributed by atoms with E-state index in [9.17, 15) is 9.59 Å². The van der Waals surface area contributed by atoms with E-state index in [1.54, 1.807) is 14.0 Å². The van der Waals surface area contributed by atoms with Crippen molar-refractivity contribution in [2.75, 3.05) is 7.11 Å². The number of methoxy groups -OCH3 is 1. The highest BCUT2D eigenvalue weighted by Gasteiger charge is 2.19. The summed E-state index contributed by atoms with van der Waals surface area (Å²) >= 11 is 1.05. The van der Waals surface area contributed by atoms with Crippen molar-refractivity contribution in [2.45, 2.75) is 23.8 Å². The molecule has 2 rings (SSSR count). The highest BCUT2D eigenvalue weighted by atomic mass is 32.2. The molecule has 0 radical (unpaired) electrons. The molecule has 0 unspecified atom stereocenters. The van der Waals surface area contributed by atoms with E-state index < -0.39 is 17.2 Å². The maximum atomic E-state index is 11.6. The molecule has 9 heteroatoms. The van der Waals surface area contributed by atoms with Crippen LogP contribution in [0.1, 0.15) is 18.4 Å². The Morgan fingerprint density at radius 3 is 2.65 bits per heavy atom. The third kappa shape index (κ3) is 4.99. The Morgan fingerprint density at radius 2 is 2.04 bits per heavy atom. The van der Waals surface area contributed by atoms with Crippen LogP contribution in [0.4, 0.5) is 4.79 Å². The zero-order valence-electron chi connectivity index (χ0n) is 12.6. The zero-order chi connectivity index (χ0) is 16.8. The molecule has 0 saturated carbocycles. The summed E-state index contributed by atoms with van der Waals surface area (Å²) in [6, 6.07) is 6.60. The largest absolute Gasteiger partial charge is 0.497 e. The maximum Gasteiger partial charge on any atom is 0.318 e. The molecule has 122 valence electrons. The fraction of sp³-hybridized carbons (Fsp3) is 0.286. The molecule has 0 aliphatic heterocycles. The van der Waals surface area contributed by atoms with E-state index in [0.717, 1.165) is 23.1 Å². The second kappa shape index (κ2) is 7.63. The van der Waals surface area contributed by atoms with Crippen LogP contribution in [-0.4, -0.2) is 34.5 Å². The second-order valence-electron chi connectivity index (χ2n) is 4.60. The summed E-state index contributed by atoms with van der Waals surface area (Å²) < 4.78 is 10.6. The van der Waals surface area contributed by atoms with Gasteiger partial charge in [-0.05, 0) is 24.6 Å². The van der Waals surface area contributed by atoms with Crippen LogP contribution in [0.5, 0.6) is 5.75 Å². The van der Waals surface area contributed by atoms with E-state index in [4.69, 9.17) is 14.9 Å². The number of ether oxygens (including phenoxy) is 1. The number of aromatic nitrogens is 2. The molecule has 3 N–H and O–H groups in total. The predicted octanol–water partition coefficient (Wildman–Crippen LogP) is 1.34. The summed E-state index contributed by atoms with van der Waals surface area (Å²) in [5.41, 5.74) is 5.89. The Morgan fingerprint density at radius 1 is 1.35 bits per heavy atom. The van der Waals surface area contributed by atoms with Crippen molar-refractivity contribution >= 4 is 23.7 Å². The number of nitrogens with zero attached hydrogens (tertiary/aromatic N) is 2. The van der Waals surface area contributed by atoms with Crippen molar-refractivity contribution in [3.8, 4) is 5.75 Å². The van der Waals surface area contributed by atoms with Gasteiger partial charge in [-0.15, -0.1) is 10.2 Å². The Labute approximate surface area is 136 Å². The van der Waals surface area contributed by atoms with E-state index >= 15 is 0 Å². The van der Waals surface area contributed by atoms with Crippen LogP contribution in [0.2, 0.25) is 0 Å². The van der Waals surface area contributed by atoms with Crippen molar-refractivity contribution in [3.63, 3.8) is 0 Å². The van der Waals surface area contributed by atoms with E-state index in [1.807, 2.05) is 29.6 Å². The summed E-state index contributed by atoms with van der Waals surface area (Å²) in [4.78, 5) is 22.2. The van der Waals surface area contributed by atoms with Crippen molar-refractivity contribution in [3.05, 3.63) is 35.7 Å². The predicted molar refractivity (Wildman–Crippen MR) is 83.1 cm³/mol. The summed E-state index contributed by atoms with van der Waals surface area (Å²) in [5, 5.41) is 9.47. The minimum atomic E-state index is -0.895. The van der Waals surface area contributed by atoms with Gasteiger partial charge in [0.15, 0.2) is 0 Å². The first-order valence-electron chi connectivity index (χ1n) is 6.70. The van der Waals surface area contributed by atoms with Crippen molar-refractivity contribution < 1.29 is 18.7 Å². The molecular weight excluding hydrogens is 320 g/mol. The van der Waals surface area contributed by atoms with Crippen LogP contribution >= 0.6 is 11.8 Å². The third-order valence-corrected chi connectivity index (χ3v) is 3.79. The standard InChI is InChI=1S/C14H16N4O4S/c1-8(12(19)16-13(15)20)23-14-18-17-11(22-14)7-9-3-5-10(21-2)6-4-9/h3-6,8H,7H2,1-2H3,(H3,15,16,19,20)/t8-/m0/s1. The van der Waals surface area contributed by atoms with Crippen molar-refractivity contribution in [1.82, 2.24) is 15.5 Å². The number of thioether (sulfide) groups is 1. The zero-order valence-corrected chi connectivity index (χ0v) is 13.4. The molecule has 1 aromatic heterocycles. The molecule has 1 atom stereocenters. The average molecular weight is 336 g/mol. The van der Waals surface area contributed by atoms with Gasteiger partial charge < -0.3 is 14.9 Å². The number of hydrogen-bond donors (Lipinski definition) is 2. The number of nitrogens with one attached hydrogen (secondary N) is 1. The molecule has 0 spiro atoms. The molecule has 0 aliphatic carbocycles. The highest BCUT2D eigenvalue weighted by Crippen LogP contribution is 2.23. The quantitative estimate of drug-likeness (QED) is 0.764. The third-order valence-electron chi connectivity index (χ3n) is 2.86. The lowest BCUT2D eigenvalue weighted by Gasteiger charge is -2.06. The first kappa shape index (κ1) is 16.8. The Bertz CT molecular complexity index is 686. The van der Waals surface area contributed by atoms with E-state index in [-0.39, 0.29) is 5.22 Å². The summed E-state index contributed by atoms with van der Waals surface area (Å²) in [6.07, 6.45) is 0.472. The van der Waals surface area contributed by atoms with Crippen LogP contribution in [0.15, 0.2) is 33.9 Å². The number of carbonyl (C=O) groups is 2. The Kier molecular flexibility index (Phi) is 5.58. The lowest BCUT2D eigenvalue weighted by atomic mass is 10.1. The minimum absolute atomic E-state index is 0.251. The van der Waals surface area contributed by atoms with Gasteiger partial charge in [-0.2, -0.15) is 0 Å². The van der Waals surface area contributed by atoms with Crippen molar-refractivity contribution in [1.29, 1.82) is 0 Å². The number of urea groups is 1. The van der Waals surface area contributed by atoms with Crippen LogP contribution in [0.25, 0.3) is 0 Å². The van der Waals surface area contributed by atoms with Crippen LogP contribution in [0.3, 0.4) is 0 Å². The number of rotatable bonds is 6. The number of nitrogens with two attached hydrogens (primary N) is 1. The number of carbonyl (C=O) groups excluding carboxylic acids is 2. The molecule has 23 heavy (non-hydrogen) atoms. The topological polar surface area (TPSA) is 120 Å². The molecule has 0 aliphatic rings. The molecule has 8 nitrogen and oxygen atoms in total. The van der Waals surface area contributed by atoms with E-state index in [1.165, 1.54) is 0 Å². The molecular formula is C14H16N4O4S. The summed E-state index contributed by atoms with van der Waals surface area (Å²) in [7, 11) is 1.60. The monoisotopic (exact) mass is 336 g/mol. The number of amides is 3. The fourth-order valence-corrected chi connectivity index (χ4v) is 2.40. The number of imide groups is 1. The lowest BCUT2D eigenvalue weighted by molar-refractivity contribution is -0.119. The van der Waals surface area contributed by atoms with Gasteiger partial charge in [0.05, 0.1) is 18.8 Å². The minimum Gasteiger partial charge on any atom is -0.497 e. The first-order chi connectivity index (χ1) is 11.0. The van der Waals surface area contributed by atoms with Gasteiger partial charge in [-0.25, -0.2) is 4.79 Å². The molecule has 0 fully saturated rings. The first-order valence-corrected chi connectivity index (χ1v) is 7.58. The number of benzene rings is 1. The molecule has 3 amide bonds. The summed E-state index contributed by atoms with van der Waals surface area (Å²) in [6.45, 7) is 1.61. The SMILES string of the molecule is COc1ccc(Cc2nnc(S[C@@H](C)C(=O)NC(N)=O)o2)cc1.